The molecule has 0 aliphatic carbocycles. The van der Waals surface area contributed by atoms with Crippen molar-refractivity contribution in [2.24, 2.45) is 0 Å². The number of benzene rings is 2. The first-order valence-corrected chi connectivity index (χ1v) is 7.01. The predicted molar refractivity (Wildman–Crippen MR) is 87.4 cm³/mol. The van der Waals surface area contributed by atoms with Crippen molar-refractivity contribution < 1.29 is 19.1 Å². The van der Waals surface area contributed by atoms with Crippen LogP contribution in [0.25, 0.3) is 6.08 Å². The highest BCUT2D eigenvalue weighted by atomic mass is 16.7. The molecule has 0 heterocycles. The van der Waals surface area contributed by atoms with Gasteiger partial charge in [-0.3, -0.25) is 0 Å². The molecule has 0 amide bonds. The van der Waals surface area contributed by atoms with Crippen LogP contribution in [-0.2, 0) is 14.3 Å². The normalized spacial score (nSPS) is 11.7. The topological polar surface area (TPSA) is 52.6 Å². The van der Waals surface area contributed by atoms with Crippen molar-refractivity contribution in [1.82, 2.24) is 0 Å². The first-order chi connectivity index (χ1) is 11.2. The quantitative estimate of drug-likeness (QED) is 0.354. The van der Waals surface area contributed by atoms with Crippen LogP contribution in [0.4, 0.5) is 0 Å². The third-order valence-electron chi connectivity index (χ3n) is 2.87. The van der Waals surface area contributed by atoms with Gasteiger partial charge in [0.25, 0.3) is 6.29 Å². The molecule has 1 atom stereocenters. The molecule has 0 N–H and O–H groups in total. The smallest absolute Gasteiger partial charge is 0.341 e. The van der Waals surface area contributed by atoms with Gasteiger partial charge in [0.1, 0.15) is 0 Å². The summed E-state index contributed by atoms with van der Waals surface area (Å²) < 4.78 is 10.1. The van der Waals surface area contributed by atoms with Crippen molar-refractivity contribution in [3.8, 4) is 0 Å². The van der Waals surface area contributed by atoms with E-state index in [9.17, 15) is 9.59 Å². The molecule has 0 spiro atoms. The van der Waals surface area contributed by atoms with Gasteiger partial charge in [-0.2, -0.15) is 0 Å². The maximum absolute atomic E-state index is 11.9. The summed E-state index contributed by atoms with van der Waals surface area (Å²) in [6, 6.07) is 17.7. The second-order valence-electron chi connectivity index (χ2n) is 4.56. The second kappa shape index (κ2) is 8.34. The van der Waals surface area contributed by atoms with Gasteiger partial charge >= 0.3 is 11.9 Å². The molecule has 4 heteroatoms. The summed E-state index contributed by atoms with van der Waals surface area (Å²) in [5.41, 5.74) is 1.23. The Bertz CT molecular complexity index is 690. The molecule has 2 aromatic carbocycles. The van der Waals surface area contributed by atoms with E-state index < -0.39 is 18.2 Å². The average molecular weight is 308 g/mol. The first-order valence-electron chi connectivity index (χ1n) is 7.01. The number of carbonyl (C=O) groups excluding carboxylic acids is 2. The second-order valence-corrected chi connectivity index (χ2v) is 4.56. The third-order valence-corrected chi connectivity index (χ3v) is 2.87. The van der Waals surface area contributed by atoms with Gasteiger partial charge in [0.05, 0.1) is 5.56 Å². The zero-order chi connectivity index (χ0) is 16.5. The number of carbonyl (C=O) groups is 2. The third kappa shape index (κ3) is 5.28. The Morgan fingerprint density at radius 3 is 2.13 bits per heavy atom. The van der Waals surface area contributed by atoms with E-state index in [1.807, 2.05) is 30.3 Å². The highest BCUT2D eigenvalue weighted by Gasteiger charge is 2.15. The fourth-order valence-corrected chi connectivity index (χ4v) is 1.75. The molecular weight excluding hydrogens is 292 g/mol. The Morgan fingerprint density at radius 2 is 1.52 bits per heavy atom. The van der Waals surface area contributed by atoms with Crippen LogP contribution in [0.1, 0.15) is 15.9 Å². The highest BCUT2D eigenvalue weighted by molar-refractivity contribution is 5.90. The van der Waals surface area contributed by atoms with Crippen LogP contribution in [0.15, 0.2) is 79.4 Å². The highest BCUT2D eigenvalue weighted by Crippen LogP contribution is 2.07. The molecule has 2 aromatic rings. The maximum atomic E-state index is 11.9. The van der Waals surface area contributed by atoms with Gasteiger partial charge in [-0.25, -0.2) is 9.59 Å². The van der Waals surface area contributed by atoms with Crippen molar-refractivity contribution in [3.05, 3.63) is 90.5 Å². The minimum atomic E-state index is -1.14. The summed E-state index contributed by atoms with van der Waals surface area (Å²) in [6.45, 7) is 3.50. The summed E-state index contributed by atoms with van der Waals surface area (Å²) in [6.07, 6.45) is 2.98. The lowest BCUT2D eigenvalue weighted by atomic mass is 10.2. The van der Waals surface area contributed by atoms with E-state index in [0.717, 1.165) is 5.56 Å². The maximum Gasteiger partial charge on any atom is 0.341 e. The van der Waals surface area contributed by atoms with Crippen LogP contribution in [0.5, 0.6) is 0 Å². The van der Waals surface area contributed by atoms with Crippen molar-refractivity contribution in [2.75, 3.05) is 0 Å². The summed E-state index contributed by atoms with van der Waals surface area (Å²) in [5, 5.41) is 0. The molecule has 23 heavy (non-hydrogen) atoms. The average Bonchev–Trinajstić information content (AvgIpc) is 2.61. The van der Waals surface area contributed by atoms with E-state index in [4.69, 9.17) is 9.47 Å². The van der Waals surface area contributed by atoms with Gasteiger partial charge in [-0.15, -0.1) is 0 Å². The number of esters is 2. The van der Waals surface area contributed by atoms with E-state index in [1.54, 1.807) is 36.4 Å². The zero-order valence-electron chi connectivity index (χ0n) is 12.4. The molecule has 0 aliphatic heterocycles. The van der Waals surface area contributed by atoms with Crippen molar-refractivity contribution >= 4 is 18.0 Å². The van der Waals surface area contributed by atoms with E-state index in [0.29, 0.717) is 5.56 Å². The summed E-state index contributed by atoms with van der Waals surface area (Å²) in [7, 11) is 0. The molecule has 116 valence electrons. The lowest BCUT2D eigenvalue weighted by Gasteiger charge is -2.13. The molecule has 0 saturated carbocycles. The van der Waals surface area contributed by atoms with Crippen LogP contribution in [-0.4, -0.2) is 18.2 Å². The van der Waals surface area contributed by atoms with Gasteiger partial charge in [0.2, 0.25) is 0 Å². The SMILES string of the molecule is C=C[C@H](OC(=O)/C=C/c1ccccc1)OC(=O)c1ccccc1. The molecular formula is C19H16O4. The Balaban J connectivity index is 1.91. The largest absolute Gasteiger partial charge is 0.418 e. The Morgan fingerprint density at radius 1 is 0.913 bits per heavy atom. The Labute approximate surface area is 134 Å². The molecule has 0 bridgehead atoms. The van der Waals surface area contributed by atoms with E-state index in [-0.39, 0.29) is 0 Å². The van der Waals surface area contributed by atoms with Gasteiger partial charge in [0.15, 0.2) is 0 Å². The van der Waals surface area contributed by atoms with Gasteiger partial charge in [-0.05, 0) is 29.8 Å². The number of ether oxygens (including phenoxy) is 2. The van der Waals surface area contributed by atoms with E-state index in [1.165, 1.54) is 12.2 Å². The van der Waals surface area contributed by atoms with Crippen LogP contribution in [0.2, 0.25) is 0 Å². The van der Waals surface area contributed by atoms with Crippen molar-refractivity contribution in [3.63, 3.8) is 0 Å². The standard InChI is InChI=1S/C19H16O4/c1-2-18(23-19(21)16-11-7-4-8-12-16)22-17(20)14-13-15-9-5-3-6-10-15/h2-14,18H,1H2/b14-13+/t18-/m1/s1. The molecule has 0 saturated heterocycles. The Kier molecular flexibility index (Phi) is 5.89. The lowest BCUT2D eigenvalue weighted by Crippen LogP contribution is -2.21. The van der Waals surface area contributed by atoms with Crippen molar-refractivity contribution in [2.45, 2.75) is 6.29 Å². The number of rotatable bonds is 6. The summed E-state index contributed by atoms with van der Waals surface area (Å²) >= 11 is 0. The van der Waals surface area contributed by atoms with Gasteiger partial charge < -0.3 is 9.47 Å². The number of hydrogen-bond acceptors (Lipinski definition) is 4. The molecule has 4 nitrogen and oxygen atoms in total. The molecule has 0 unspecified atom stereocenters. The molecule has 2 rings (SSSR count). The molecule has 0 radical (unpaired) electrons. The van der Waals surface area contributed by atoms with Crippen LogP contribution in [0.3, 0.4) is 0 Å². The van der Waals surface area contributed by atoms with Gasteiger partial charge in [0, 0.05) is 6.08 Å². The van der Waals surface area contributed by atoms with Crippen LogP contribution < -0.4 is 0 Å². The van der Waals surface area contributed by atoms with Crippen LogP contribution >= 0.6 is 0 Å². The van der Waals surface area contributed by atoms with Crippen LogP contribution in [0, 0.1) is 0 Å². The summed E-state index contributed by atoms with van der Waals surface area (Å²) in [5.74, 6) is -1.21. The Hall–Kier alpha value is -3.14. The van der Waals surface area contributed by atoms with E-state index >= 15 is 0 Å². The number of hydrogen-bond donors (Lipinski definition) is 0. The van der Waals surface area contributed by atoms with Crippen molar-refractivity contribution in [1.29, 1.82) is 0 Å². The first kappa shape index (κ1) is 16.2. The van der Waals surface area contributed by atoms with Gasteiger partial charge in [-0.1, -0.05) is 55.1 Å². The fraction of sp³-hybridized carbons (Fsp3) is 0.0526. The predicted octanol–water partition coefficient (Wildman–Crippen LogP) is 3.61. The molecule has 0 fully saturated rings. The monoisotopic (exact) mass is 308 g/mol. The zero-order valence-corrected chi connectivity index (χ0v) is 12.4. The fourth-order valence-electron chi connectivity index (χ4n) is 1.75. The van der Waals surface area contributed by atoms with E-state index in [2.05, 4.69) is 6.58 Å². The minimum absolute atomic E-state index is 0.371. The minimum Gasteiger partial charge on any atom is -0.418 e. The summed E-state index contributed by atoms with van der Waals surface area (Å²) in [4.78, 5) is 23.7. The molecule has 0 aliphatic rings. The lowest BCUT2D eigenvalue weighted by molar-refractivity contribution is -0.155. The molecule has 0 aromatic heterocycles.